The van der Waals surface area contributed by atoms with Crippen molar-refractivity contribution < 1.29 is 8.42 Å². The zero-order valence-electron chi connectivity index (χ0n) is 11.5. The van der Waals surface area contributed by atoms with E-state index in [0.717, 1.165) is 12.8 Å². The molecule has 1 aromatic rings. The number of aromatic nitrogens is 2. The van der Waals surface area contributed by atoms with Gasteiger partial charge in [-0.15, -0.1) is 0 Å². The lowest BCUT2D eigenvalue weighted by Gasteiger charge is -2.25. The third kappa shape index (κ3) is 2.98. The Morgan fingerprint density at radius 3 is 2.63 bits per heavy atom. The van der Waals surface area contributed by atoms with Gasteiger partial charge in [0.05, 0.1) is 17.9 Å². The summed E-state index contributed by atoms with van der Waals surface area (Å²) in [5, 5.41) is 4.24. The summed E-state index contributed by atoms with van der Waals surface area (Å²) >= 11 is 0. The number of rotatable bonds is 6. The normalized spacial score (nSPS) is 16.6. The van der Waals surface area contributed by atoms with Gasteiger partial charge in [-0.2, -0.15) is 5.10 Å². The average Bonchev–Trinajstić information content (AvgIpc) is 2.52. The number of nitrogens with zero attached hydrogens (tertiary/aromatic N) is 2. The van der Waals surface area contributed by atoms with Gasteiger partial charge >= 0.3 is 0 Å². The minimum absolute atomic E-state index is 0.306. The molecule has 1 heterocycles. The lowest BCUT2D eigenvalue weighted by atomic mass is 9.86. The van der Waals surface area contributed by atoms with Gasteiger partial charge in [0.1, 0.15) is 4.90 Å². The SMILES string of the molecule is Cc1nn(CCN)c(C)c1S(=O)(=O)NCC1CCC1. The first-order valence-corrected chi connectivity index (χ1v) is 8.17. The molecule has 6 nitrogen and oxygen atoms in total. The summed E-state index contributed by atoms with van der Waals surface area (Å²) in [5.74, 6) is 0.495. The monoisotopic (exact) mass is 286 g/mol. The van der Waals surface area contributed by atoms with E-state index in [-0.39, 0.29) is 0 Å². The Balaban J connectivity index is 2.18. The number of hydrogen-bond acceptors (Lipinski definition) is 4. The second-order valence-corrected chi connectivity index (χ2v) is 6.86. The van der Waals surface area contributed by atoms with Crippen molar-refractivity contribution in [1.29, 1.82) is 0 Å². The first-order chi connectivity index (χ1) is 8.95. The number of hydrogen-bond donors (Lipinski definition) is 2. The largest absolute Gasteiger partial charge is 0.329 e. The van der Waals surface area contributed by atoms with E-state index in [0.29, 0.717) is 41.8 Å². The van der Waals surface area contributed by atoms with Crippen LogP contribution in [-0.2, 0) is 16.6 Å². The first kappa shape index (κ1) is 14.5. The van der Waals surface area contributed by atoms with Gasteiger partial charge in [-0.3, -0.25) is 4.68 Å². The molecule has 0 bridgehead atoms. The minimum atomic E-state index is -3.46. The Kier molecular flexibility index (Phi) is 4.27. The molecule has 0 aliphatic heterocycles. The molecule has 108 valence electrons. The van der Waals surface area contributed by atoms with E-state index in [1.807, 2.05) is 0 Å². The van der Waals surface area contributed by atoms with Crippen molar-refractivity contribution in [3.63, 3.8) is 0 Å². The molecular weight excluding hydrogens is 264 g/mol. The van der Waals surface area contributed by atoms with Crippen LogP contribution in [0.15, 0.2) is 4.90 Å². The Morgan fingerprint density at radius 2 is 2.11 bits per heavy atom. The first-order valence-electron chi connectivity index (χ1n) is 6.69. The molecule has 7 heteroatoms. The fourth-order valence-corrected chi connectivity index (χ4v) is 3.93. The summed E-state index contributed by atoms with van der Waals surface area (Å²) in [4.78, 5) is 0.306. The van der Waals surface area contributed by atoms with Gasteiger partial charge in [-0.05, 0) is 32.6 Å². The quantitative estimate of drug-likeness (QED) is 0.798. The number of sulfonamides is 1. The van der Waals surface area contributed by atoms with Gasteiger partial charge in [0.15, 0.2) is 0 Å². The second kappa shape index (κ2) is 5.60. The summed E-state index contributed by atoms with van der Waals surface area (Å²) in [6, 6.07) is 0. The Bertz CT molecular complexity index is 546. The molecule has 1 aromatic heterocycles. The van der Waals surface area contributed by atoms with Crippen LogP contribution in [0.4, 0.5) is 0 Å². The Labute approximate surface area is 114 Å². The van der Waals surface area contributed by atoms with Crippen molar-refractivity contribution in [2.75, 3.05) is 13.1 Å². The van der Waals surface area contributed by atoms with E-state index in [4.69, 9.17) is 5.73 Å². The highest BCUT2D eigenvalue weighted by Gasteiger charge is 2.26. The molecule has 3 N–H and O–H groups in total. The van der Waals surface area contributed by atoms with Crippen LogP contribution in [0.1, 0.15) is 30.7 Å². The summed E-state index contributed by atoms with van der Waals surface area (Å²) in [7, 11) is -3.46. The molecule has 1 fully saturated rings. The summed E-state index contributed by atoms with van der Waals surface area (Å²) < 4.78 is 29.0. The molecule has 1 aliphatic carbocycles. The molecule has 0 radical (unpaired) electrons. The predicted molar refractivity (Wildman–Crippen MR) is 73.3 cm³/mol. The molecular formula is C12H22N4O2S. The van der Waals surface area contributed by atoms with Crippen LogP contribution in [0.2, 0.25) is 0 Å². The van der Waals surface area contributed by atoms with Gasteiger partial charge in [0.25, 0.3) is 0 Å². The minimum Gasteiger partial charge on any atom is -0.329 e. The van der Waals surface area contributed by atoms with Crippen LogP contribution in [0.3, 0.4) is 0 Å². The number of nitrogens with two attached hydrogens (primary N) is 1. The van der Waals surface area contributed by atoms with Gasteiger partial charge in [-0.1, -0.05) is 6.42 Å². The van der Waals surface area contributed by atoms with Crippen LogP contribution in [0, 0.1) is 19.8 Å². The second-order valence-electron chi connectivity index (χ2n) is 5.16. The highest BCUT2D eigenvalue weighted by molar-refractivity contribution is 7.89. The third-order valence-electron chi connectivity index (χ3n) is 3.71. The molecule has 19 heavy (non-hydrogen) atoms. The molecule has 1 saturated carbocycles. The molecule has 0 aromatic carbocycles. The molecule has 0 atom stereocenters. The van der Waals surface area contributed by atoms with Crippen LogP contribution in [0.25, 0.3) is 0 Å². The van der Waals surface area contributed by atoms with Crippen LogP contribution < -0.4 is 10.5 Å². The summed E-state index contributed by atoms with van der Waals surface area (Å²) in [6.45, 7) is 5.00. The maximum Gasteiger partial charge on any atom is 0.244 e. The third-order valence-corrected chi connectivity index (χ3v) is 5.39. The zero-order valence-corrected chi connectivity index (χ0v) is 12.3. The fourth-order valence-electron chi connectivity index (χ4n) is 2.41. The van der Waals surface area contributed by atoms with Crippen molar-refractivity contribution >= 4 is 10.0 Å². The predicted octanol–water partition coefficient (Wildman–Crippen LogP) is 0.537. The fraction of sp³-hybridized carbons (Fsp3) is 0.750. The average molecular weight is 286 g/mol. The highest BCUT2D eigenvalue weighted by Crippen LogP contribution is 2.26. The zero-order chi connectivity index (χ0) is 14.0. The van der Waals surface area contributed by atoms with E-state index in [9.17, 15) is 8.42 Å². The summed E-state index contributed by atoms with van der Waals surface area (Å²) in [5.41, 5.74) is 6.69. The molecule has 0 unspecified atom stereocenters. The summed E-state index contributed by atoms with van der Waals surface area (Å²) in [6.07, 6.45) is 3.44. The van der Waals surface area contributed by atoms with Crippen LogP contribution in [0.5, 0.6) is 0 Å². The Hall–Kier alpha value is -0.920. The molecule has 0 spiro atoms. The van der Waals surface area contributed by atoms with Crippen molar-refractivity contribution in [3.8, 4) is 0 Å². The van der Waals surface area contributed by atoms with Crippen molar-refractivity contribution in [1.82, 2.24) is 14.5 Å². The smallest absolute Gasteiger partial charge is 0.244 e. The van der Waals surface area contributed by atoms with Crippen molar-refractivity contribution in [3.05, 3.63) is 11.4 Å². The van der Waals surface area contributed by atoms with E-state index in [1.165, 1.54) is 6.42 Å². The van der Waals surface area contributed by atoms with Gasteiger partial charge in [0, 0.05) is 13.1 Å². The van der Waals surface area contributed by atoms with Crippen LogP contribution in [-0.4, -0.2) is 31.3 Å². The Morgan fingerprint density at radius 1 is 1.42 bits per heavy atom. The lowest BCUT2D eigenvalue weighted by molar-refractivity contribution is 0.316. The maximum atomic E-state index is 12.3. The van der Waals surface area contributed by atoms with Gasteiger partial charge in [-0.25, -0.2) is 13.1 Å². The maximum absolute atomic E-state index is 12.3. The van der Waals surface area contributed by atoms with Crippen molar-refractivity contribution in [2.24, 2.45) is 11.7 Å². The van der Waals surface area contributed by atoms with Gasteiger partial charge in [0.2, 0.25) is 10.0 Å². The topological polar surface area (TPSA) is 90.0 Å². The van der Waals surface area contributed by atoms with E-state index < -0.39 is 10.0 Å². The molecule has 0 saturated heterocycles. The standard InChI is InChI=1S/C12H22N4O2S/c1-9-12(10(2)16(15-9)7-6-13)19(17,18)14-8-11-4-3-5-11/h11,14H,3-8,13H2,1-2H3. The van der Waals surface area contributed by atoms with Gasteiger partial charge < -0.3 is 5.73 Å². The molecule has 2 rings (SSSR count). The molecule has 0 amide bonds. The number of nitrogens with one attached hydrogen (secondary N) is 1. The van der Waals surface area contributed by atoms with E-state index >= 15 is 0 Å². The molecule has 1 aliphatic rings. The lowest BCUT2D eigenvalue weighted by Crippen LogP contribution is -2.32. The highest BCUT2D eigenvalue weighted by atomic mass is 32.2. The number of aryl methyl sites for hydroxylation is 1. The van der Waals surface area contributed by atoms with E-state index in [1.54, 1.807) is 18.5 Å². The van der Waals surface area contributed by atoms with Crippen LogP contribution >= 0.6 is 0 Å². The van der Waals surface area contributed by atoms with E-state index in [2.05, 4.69) is 9.82 Å². The van der Waals surface area contributed by atoms with Crippen molar-refractivity contribution in [2.45, 2.75) is 44.6 Å².